The fourth-order valence-electron chi connectivity index (χ4n) is 5.39. The van der Waals surface area contributed by atoms with Gasteiger partial charge in [0.25, 0.3) is 5.91 Å². The first-order valence-corrected chi connectivity index (χ1v) is 11.1. The maximum absolute atomic E-state index is 13.0. The summed E-state index contributed by atoms with van der Waals surface area (Å²) in [7, 11) is 0. The van der Waals surface area contributed by atoms with Gasteiger partial charge in [-0.15, -0.1) is 0 Å². The van der Waals surface area contributed by atoms with Gasteiger partial charge in [0.05, 0.1) is 5.56 Å². The number of rotatable bonds is 4. The predicted octanol–water partition coefficient (Wildman–Crippen LogP) is 2.99. The van der Waals surface area contributed by atoms with Gasteiger partial charge in [-0.3, -0.25) is 9.59 Å². The van der Waals surface area contributed by atoms with Crippen molar-refractivity contribution in [3.63, 3.8) is 0 Å². The van der Waals surface area contributed by atoms with Gasteiger partial charge in [-0.25, -0.2) is 9.37 Å². The van der Waals surface area contributed by atoms with Crippen molar-refractivity contribution in [2.75, 3.05) is 24.5 Å². The van der Waals surface area contributed by atoms with Crippen LogP contribution in [0.15, 0.2) is 42.6 Å². The van der Waals surface area contributed by atoms with Crippen LogP contribution < -0.4 is 10.2 Å². The zero-order valence-electron chi connectivity index (χ0n) is 17.5. The molecule has 0 spiro atoms. The van der Waals surface area contributed by atoms with Gasteiger partial charge in [0.1, 0.15) is 11.6 Å². The van der Waals surface area contributed by atoms with Gasteiger partial charge < -0.3 is 15.1 Å². The van der Waals surface area contributed by atoms with Crippen molar-refractivity contribution >= 4 is 17.6 Å². The quantitative estimate of drug-likeness (QED) is 0.823. The molecule has 0 saturated carbocycles. The summed E-state index contributed by atoms with van der Waals surface area (Å²) >= 11 is 0. The third-order valence-corrected chi connectivity index (χ3v) is 6.88. The molecule has 0 radical (unpaired) electrons. The third kappa shape index (κ3) is 4.13. The van der Waals surface area contributed by atoms with Gasteiger partial charge in [0, 0.05) is 44.8 Å². The number of hydrogen-bond acceptors (Lipinski definition) is 4. The number of amides is 2. The van der Waals surface area contributed by atoms with Crippen LogP contribution in [0.3, 0.4) is 0 Å². The highest BCUT2D eigenvalue weighted by Gasteiger charge is 2.44. The van der Waals surface area contributed by atoms with Crippen LogP contribution in [-0.4, -0.2) is 47.4 Å². The summed E-state index contributed by atoms with van der Waals surface area (Å²) in [6.45, 7) is 3.01. The maximum atomic E-state index is 13.0. The molecule has 162 valence electrons. The summed E-state index contributed by atoms with van der Waals surface area (Å²) in [5, 5.41) is 2.85. The van der Waals surface area contributed by atoms with E-state index in [1.165, 1.54) is 18.6 Å². The highest BCUT2D eigenvalue weighted by molar-refractivity contribution is 5.94. The van der Waals surface area contributed by atoms with Crippen molar-refractivity contribution < 1.29 is 14.0 Å². The molecule has 3 aliphatic heterocycles. The first-order chi connectivity index (χ1) is 15.1. The molecule has 0 unspecified atom stereocenters. The highest BCUT2D eigenvalue weighted by Crippen LogP contribution is 2.38. The molecule has 3 fully saturated rings. The molecule has 1 aromatic carbocycles. The third-order valence-electron chi connectivity index (χ3n) is 6.88. The molecule has 1 aromatic heterocycles. The topological polar surface area (TPSA) is 65.5 Å². The second-order valence-corrected chi connectivity index (χ2v) is 8.99. The Balaban J connectivity index is 1.21. The van der Waals surface area contributed by atoms with E-state index in [0.29, 0.717) is 42.3 Å². The van der Waals surface area contributed by atoms with Crippen molar-refractivity contribution in [3.05, 3.63) is 59.5 Å². The average molecular weight is 423 g/mol. The molecule has 2 bridgehead atoms. The van der Waals surface area contributed by atoms with E-state index < -0.39 is 0 Å². The number of anilines is 1. The van der Waals surface area contributed by atoms with Gasteiger partial charge in [0.2, 0.25) is 5.91 Å². The molecule has 2 aromatic rings. The molecule has 3 saturated heterocycles. The Morgan fingerprint density at radius 3 is 2.74 bits per heavy atom. The Hall–Kier alpha value is -2.96. The fourth-order valence-corrected chi connectivity index (χ4v) is 5.39. The molecule has 31 heavy (non-hydrogen) atoms. The van der Waals surface area contributed by atoms with E-state index in [9.17, 15) is 14.0 Å². The molecule has 0 aliphatic carbocycles. The normalized spacial score (nSPS) is 25.2. The monoisotopic (exact) mass is 422 g/mol. The summed E-state index contributed by atoms with van der Waals surface area (Å²) in [5.41, 5.74) is 1.35. The van der Waals surface area contributed by atoms with Gasteiger partial charge in [0.15, 0.2) is 0 Å². The van der Waals surface area contributed by atoms with Crippen molar-refractivity contribution in [2.24, 2.45) is 11.8 Å². The smallest absolute Gasteiger partial charge is 0.253 e. The van der Waals surface area contributed by atoms with Gasteiger partial charge >= 0.3 is 0 Å². The molecule has 6 nitrogen and oxygen atoms in total. The number of nitrogens with one attached hydrogen (secondary N) is 1. The van der Waals surface area contributed by atoms with E-state index in [2.05, 4.69) is 20.1 Å². The van der Waals surface area contributed by atoms with Crippen LogP contribution in [0.25, 0.3) is 0 Å². The van der Waals surface area contributed by atoms with Crippen LogP contribution in [0.1, 0.15) is 41.6 Å². The largest absolute Gasteiger partial charge is 0.356 e. The molecule has 1 N–H and O–H groups in total. The summed E-state index contributed by atoms with van der Waals surface area (Å²) in [6.07, 6.45) is 5.62. The number of hydrogen-bond donors (Lipinski definition) is 1. The lowest BCUT2D eigenvalue weighted by Crippen LogP contribution is -2.60. The maximum Gasteiger partial charge on any atom is 0.253 e. The Bertz CT molecular complexity index is 963. The molecule has 2 amide bonds. The van der Waals surface area contributed by atoms with Crippen LogP contribution >= 0.6 is 0 Å². The summed E-state index contributed by atoms with van der Waals surface area (Å²) in [5.74, 6) is 1.71. The molecular weight excluding hydrogens is 395 g/mol. The molecule has 7 heteroatoms. The number of piperidine rings is 3. The zero-order chi connectivity index (χ0) is 21.4. The number of nitrogens with zero attached hydrogens (tertiary/aromatic N) is 3. The lowest BCUT2D eigenvalue weighted by atomic mass is 9.76. The molecule has 5 rings (SSSR count). The second kappa shape index (κ2) is 8.29. The molecule has 3 atom stereocenters. The summed E-state index contributed by atoms with van der Waals surface area (Å²) in [6, 6.07) is 10.2. The average Bonchev–Trinajstić information content (AvgIpc) is 2.79. The number of carbonyl (C=O) groups is 2. The van der Waals surface area contributed by atoms with Crippen molar-refractivity contribution in [1.29, 1.82) is 0 Å². The van der Waals surface area contributed by atoms with E-state index in [0.717, 1.165) is 43.9 Å². The number of aromatic nitrogens is 1. The lowest BCUT2D eigenvalue weighted by molar-refractivity contribution is -0.142. The van der Waals surface area contributed by atoms with Crippen molar-refractivity contribution in [2.45, 2.75) is 38.3 Å². The lowest BCUT2D eigenvalue weighted by Gasteiger charge is -2.52. The Labute approximate surface area is 181 Å². The van der Waals surface area contributed by atoms with Crippen LogP contribution in [0.2, 0.25) is 0 Å². The van der Waals surface area contributed by atoms with E-state index in [1.807, 2.05) is 12.1 Å². The van der Waals surface area contributed by atoms with E-state index in [1.54, 1.807) is 18.3 Å². The van der Waals surface area contributed by atoms with Crippen LogP contribution in [0, 0.1) is 17.7 Å². The minimum Gasteiger partial charge on any atom is -0.356 e. The number of halogens is 1. The van der Waals surface area contributed by atoms with Gasteiger partial charge in [-0.05, 0) is 60.9 Å². The van der Waals surface area contributed by atoms with Crippen LogP contribution in [0.5, 0.6) is 0 Å². The molecule has 4 heterocycles. The second-order valence-electron chi connectivity index (χ2n) is 8.99. The van der Waals surface area contributed by atoms with E-state index >= 15 is 0 Å². The van der Waals surface area contributed by atoms with E-state index in [4.69, 9.17) is 0 Å². The minimum absolute atomic E-state index is 0.199. The standard InChI is InChI=1S/C24H27FN4O2/c25-20-7-4-16(5-8-20)11-27-24(31)18-6-9-22(26-12-18)28-13-17-10-19(15-28)21-2-1-3-23(30)29(21)14-17/h4-9,12,17,19,21H,1-3,10-11,13-15H2,(H,27,31)/t17-,19-,21-/m1/s1. The summed E-state index contributed by atoms with van der Waals surface area (Å²) < 4.78 is 13.0. The fraction of sp³-hybridized carbons (Fsp3) is 0.458. The Kier molecular flexibility index (Phi) is 5.34. The Morgan fingerprint density at radius 1 is 1.13 bits per heavy atom. The minimum atomic E-state index is -0.292. The van der Waals surface area contributed by atoms with E-state index in [-0.39, 0.29) is 11.7 Å². The van der Waals surface area contributed by atoms with Gasteiger partial charge in [-0.2, -0.15) is 0 Å². The van der Waals surface area contributed by atoms with Crippen molar-refractivity contribution in [1.82, 2.24) is 15.2 Å². The summed E-state index contributed by atoms with van der Waals surface area (Å²) in [4.78, 5) is 33.8. The zero-order valence-corrected chi connectivity index (χ0v) is 17.5. The van der Waals surface area contributed by atoms with Crippen molar-refractivity contribution in [3.8, 4) is 0 Å². The molecule has 3 aliphatic rings. The van der Waals surface area contributed by atoms with Crippen LogP contribution in [-0.2, 0) is 11.3 Å². The number of fused-ring (bicyclic) bond motifs is 4. The molecular formula is C24H27FN4O2. The SMILES string of the molecule is O=C(NCc1ccc(F)cc1)c1ccc(N2C[C@H]3C[C@H](C2)[C@H]2CCCC(=O)N2C3)nc1. The first kappa shape index (κ1) is 20.0. The highest BCUT2D eigenvalue weighted by atomic mass is 19.1. The van der Waals surface area contributed by atoms with Gasteiger partial charge in [-0.1, -0.05) is 12.1 Å². The number of benzene rings is 1. The predicted molar refractivity (Wildman–Crippen MR) is 115 cm³/mol. The Morgan fingerprint density at radius 2 is 1.97 bits per heavy atom. The number of carbonyl (C=O) groups excluding carboxylic acids is 2. The van der Waals surface area contributed by atoms with Crippen LogP contribution in [0.4, 0.5) is 10.2 Å². The first-order valence-electron chi connectivity index (χ1n) is 11.1. The number of pyridine rings is 1.